The van der Waals surface area contributed by atoms with E-state index < -0.39 is 5.67 Å². The second-order valence-corrected chi connectivity index (χ2v) is 7.19. The fourth-order valence-electron chi connectivity index (χ4n) is 4.68. The molecule has 0 N–H and O–H groups in total. The summed E-state index contributed by atoms with van der Waals surface area (Å²) in [6.45, 7) is 12.0. The van der Waals surface area contributed by atoms with E-state index in [1.54, 1.807) is 0 Å². The van der Waals surface area contributed by atoms with Crippen LogP contribution in [0.15, 0.2) is 91.3 Å². The molecule has 0 bridgehead atoms. The second kappa shape index (κ2) is 6.41. The number of alkyl halides is 1. The summed E-state index contributed by atoms with van der Waals surface area (Å²) >= 11 is 0. The fraction of sp³-hybridized carbons (Fsp3) is 0.250. The molecule has 0 spiro atoms. The van der Waals surface area contributed by atoms with Gasteiger partial charge in [-0.1, -0.05) is 63.4 Å². The summed E-state index contributed by atoms with van der Waals surface area (Å²) in [6, 6.07) is 18.0. The van der Waals surface area contributed by atoms with Crippen LogP contribution in [-0.2, 0) is 5.67 Å². The minimum absolute atomic E-state index is 0.173. The highest BCUT2D eigenvalue weighted by atomic mass is 19.1. The molecular formula is C24H25FN2. The van der Waals surface area contributed by atoms with Crippen molar-refractivity contribution in [2.75, 3.05) is 9.80 Å². The minimum atomic E-state index is -1.40. The van der Waals surface area contributed by atoms with Gasteiger partial charge in [-0.2, -0.15) is 0 Å². The van der Waals surface area contributed by atoms with Gasteiger partial charge in [-0.15, -0.1) is 0 Å². The lowest BCUT2D eigenvalue weighted by molar-refractivity contribution is 0.0609. The van der Waals surface area contributed by atoms with Crippen molar-refractivity contribution >= 4 is 11.4 Å². The summed E-state index contributed by atoms with van der Waals surface area (Å²) in [4.78, 5) is 4.43. The molecular weight excluding hydrogens is 335 g/mol. The Balaban J connectivity index is 2.01. The Bertz CT molecular complexity index is 917. The van der Waals surface area contributed by atoms with E-state index in [2.05, 4.69) is 35.1 Å². The van der Waals surface area contributed by atoms with Crippen LogP contribution in [-0.4, -0.2) is 6.17 Å². The van der Waals surface area contributed by atoms with Crippen LogP contribution in [0.3, 0.4) is 0 Å². The van der Waals surface area contributed by atoms with E-state index in [1.807, 2.05) is 68.5 Å². The number of para-hydroxylation sites is 2. The van der Waals surface area contributed by atoms with Crippen molar-refractivity contribution < 1.29 is 4.39 Å². The van der Waals surface area contributed by atoms with Crippen molar-refractivity contribution in [1.29, 1.82) is 0 Å². The van der Waals surface area contributed by atoms with Gasteiger partial charge < -0.3 is 9.80 Å². The molecule has 0 aliphatic carbocycles. The Kier molecular flexibility index (Phi) is 4.18. The van der Waals surface area contributed by atoms with Gasteiger partial charge in [0.25, 0.3) is 0 Å². The molecule has 0 radical (unpaired) electrons. The molecule has 0 saturated heterocycles. The SMILES string of the molecule is C=CC1=C(C=C)N2c3ccccc3C(F)(CC)C(C)C2N1c1ccccc1. The molecule has 2 aliphatic heterocycles. The normalized spacial score (nSPS) is 26.6. The molecule has 3 unspecified atom stereocenters. The number of benzene rings is 2. The number of hydrogen-bond donors (Lipinski definition) is 0. The monoisotopic (exact) mass is 360 g/mol. The van der Waals surface area contributed by atoms with E-state index in [9.17, 15) is 0 Å². The van der Waals surface area contributed by atoms with Gasteiger partial charge in [0.1, 0.15) is 11.8 Å². The third-order valence-electron chi connectivity index (χ3n) is 6.03. The van der Waals surface area contributed by atoms with Crippen molar-refractivity contribution in [2.24, 2.45) is 5.92 Å². The van der Waals surface area contributed by atoms with Crippen LogP contribution in [0.4, 0.5) is 15.8 Å². The van der Waals surface area contributed by atoms with Crippen LogP contribution in [0.5, 0.6) is 0 Å². The van der Waals surface area contributed by atoms with Gasteiger partial charge in [-0.25, -0.2) is 4.39 Å². The lowest BCUT2D eigenvalue weighted by atomic mass is 9.75. The Hall–Kier alpha value is -2.81. The number of fused-ring (bicyclic) bond motifs is 3. The molecule has 0 aromatic heterocycles. The first kappa shape index (κ1) is 17.6. The van der Waals surface area contributed by atoms with Gasteiger partial charge in [0.15, 0.2) is 0 Å². The van der Waals surface area contributed by atoms with Gasteiger partial charge in [0.2, 0.25) is 0 Å². The minimum Gasteiger partial charge on any atom is -0.318 e. The third-order valence-corrected chi connectivity index (χ3v) is 6.03. The second-order valence-electron chi connectivity index (χ2n) is 7.19. The molecule has 2 nitrogen and oxygen atoms in total. The van der Waals surface area contributed by atoms with Gasteiger partial charge in [-0.05, 0) is 36.8 Å². The molecule has 3 atom stereocenters. The van der Waals surface area contributed by atoms with Crippen LogP contribution in [0, 0.1) is 5.92 Å². The average molecular weight is 360 g/mol. The average Bonchev–Trinajstić information content (AvgIpc) is 3.07. The maximum absolute atomic E-state index is 16.4. The van der Waals surface area contributed by atoms with E-state index in [0.29, 0.717) is 6.42 Å². The first-order valence-electron chi connectivity index (χ1n) is 9.49. The molecule has 0 fully saturated rings. The van der Waals surface area contributed by atoms with Crippen LogP contribution in [0.1, 0.15) is 25.8 Å². The predicted octanol–water partition coefficient (Wildman–Crippen LogP) is 6.15. The van der Waals surface area contributed by atoms with Crippen molar-refractivity contribution in [1.82, 2.24) is 0 Å². The van der Waals surface area contributed by atoms with E-state index in [1.165, 1.54) is 0 Å². The first-order valence-corrected chi connectivity index (χ1v) is 9.49. The van der Waals surface area contributed by atoms with Crippen LogP contribution >= 0.6 is 0 Å². The standard InChI is InChI=1S/C24H25FN2/c1-5-20-21(6-2)27-22-16-12-11-15-19(22)24(25,7-3)17(4)23(27)26(20)18-13-9-8-10-14-18/h5-6,8-17,23H,1-2,7H2,3-4H3. The Morgan fingerprint density at radius 3 is 2.19 bits per heavy atom. The van der Waals surface area contributed by atoms with Crippen molar-refractivity contribution in [3.63, 3.8) is 0 Å². The molecule has 0 saturated carbocycles. The van der Waals surface area contributed by atoms with E-state index in [4.69, 9.17) is 0 Å². The number of halogens is 1. The first-order chi connectivity index (χ1) is 13.1. The molecule has 2 aliphatic rings. The quantitative estimate of drug-likeness (QED) is 0.645. The van der Waals surface area contributed by atoms with Gasteiger partial charge >= 0.3 is 0 Å². The lowest BCUT2D eigenvalue weighted by Crippen LogP contribution is -2.55. The number of anilines is 2. The number of allylic oxidation sites excluding steroid dienone is 2. The van der Waals surface area contributed by atoms with Crippen LogP contribution < -0.4 is 9.80 Å². The fourth-order valence-corrected chi connectivity index (χ4v) is 4.68. The van der Waals surface area contributed by atoms with Crippen LogP contribution in [0.2, 0.25) is 0 Å². The van der Waals surface area contributed by atoms with E-state index in [0.717, 1.165) is 28.3 Å². The zero-order valence-electron chi connectivity index (χ0n) is 15.9. The molecule has 2 heterocycles. The maximum Gasteiger partial charge on any atom is 0.144 e. The predicted molar refractivity (Wildman–Crippen MR) is 111 cm³/mol. The van der Waals surface area contributed by atoms with E-state index >= 15 is 4.39 Å². The number of hydrogen-bond acceptors (Lipinski definition) is 2. The van der Waals surface area contributed by atoms with Crippen LogP contribution in [0.25, 0.3) is 0 Å². The molecule has 3 heteroatoms. The van der Waals surface area contributed by atoms with Crippen molar-refractivity contribution in [3.05, 3.63) is 96.9 Å². The zero-order valence-corrected chi connectivity index (χ0v) is 15.9. The largest absolute Gasteiger partial charge is 0.318 e. The van der Waals surface area contributed by atoms with Gasteiger partial charge in [0.05, 0.1) is 11.4 Å². The molecule has 2 aromatic rings. The Morgan fingerprint density at radius 1 is 0.963 bits per heavy atom. The summed E-state index contributed by atoms with van der Waals surface area (Å²) in [7, 11) is 0. The maximum atomic E-state index is 16.4. The van der Waals surface area contributed by atoms with Crippen molar-refractivity contribution in [3.8, 4) is 0 Å². The molecule has 4 rings (SSSR count). The van der Waals surface area contributed by atoms with Gasteiger partial charge in [0, 0.05) is 22.9 Å². The van der Waals surface area contributed by atoms with Gasteiger partial charge in [-0.3, -0.25) is 0 Å². The lowest BCUT2D eigenvalue weighted by Gasteiger charge is -2.49. The highest BCUT2D eigenvalue weighted by Gasteiger charge is 2.54. The molecule has 27 heavy (non-hydrogen) atoms. The summed E-state index contributed by atoms with van der Waals surface area (Å²) in [5.41, 5.74) is 3.24. The highest BCUT2D eigenvalue weighted by molar-refractivity contribution is 5.75. The van der Waals surface area contributed by atoms with Crippen molar-refractivity contribution in [2.45, 2.75) is 32.1 Å². The number of rotatable bonds is 4. The topological polar surface area (TPSA) is 6.48 Å². The Labute approximate surface area is 160 Å². The highest BCUT2D eigenvalue weighted by Crippen LogP contribution is 2.55. The summed E-state index contributed by atoms with van der Waals surface area (Å²) in [5, 5.41) is 0. The number of nitrogens with zero attached hydrogens (tertiary/aromatic N) is 2. The summed E-state index contributed by atoms with van der Waals surface area (Å²) in [5.74, 6) is -0.245. The summed E-state index contributed by atoms with van der Waals surface area (Å²) in [6.07, 6.45) is 3.97. The Morgan fingerprint density at radius 2 is 1.56 bits per heavy atom. The molecule has 0 amide bonds. The molecule has 138 valence electrons. The summed E-state index contributed by atoms with van der Waals surface area (Å²) < 4.78 is 16.4. The molecule has 2 aromatic carbocycles. The smallest absolute Gasteiger partial charge is 0.144 e. The van der Waals surface area contributed by atoms with E-state index in [-0.39, 0.29) is 12.1 Å². The zero-order chi connectivity index (χ0) is 19.2. The third kappa shape index (κ3) is 2.31.